The van der Waals surface area contributed by atoms with E-state index in [2.05, 4.69) is 15.1 Å². The minimum atomic E-state index is -0.157. The third kappa shape index (κ3) is 2.42. The van der Waals surface area contributed by atoms with Crippen molar-refractivity contribution in [3.63, 3.8) is 0 Å². The van der Waals surface area contributed by atoms with Crippen LogP contribution < -0.4 is 5.56 Å². The molecule has 0 saturated heterocycles. The molecule has 4 aromatic rings. The Morgan fingerprint density at radius 2 is 1.96 bits per heavy atom. The lowest BCUT2D eigenvalue weighted by atomic mass is 10.1. The molecule has 8 heteroatoms. The monoisotopic (exact) mass is 371 g/mol. The fourth-order valence-corrected chi connectivity index (χ4v) is 3.41. The van der Waals surface area contributed by atoms with Crippen LogP contribution in [0.1, 0.15) is 11.3 Å². The molecule has 4 rings (SSSR count). The first kappa shape index (κ1) is 16.1. The second-order valence-electron chi connectivity index (χ2n) is 5.64. The fraction of sp³-hybridized carbons (Fsp3) is 0.176. The van der Waals surface area contributed by atoms with E-state index in [1.54, 1.807) is 15.3 Å². The number of hydrogen-bond donors (Lipinski definition) is 0. The molecular weight excluding hydrogens is 358 g/mol. The van der Waals surface area contributed by atoms with Gasteiger partial charge in [-0.25, -0.2) is 4.98 Å². The number of halogens is 1. The predicted molar refractivity (Wildman–Crippen MR) is 100 cm³/mol. The number of pyridine rings is 1. The van der Waals surface area contributed by atoms with E-state index in [1.165, 1.54) is 11.8 Å². The number of aryl methyl sites for hydroxylation is 1. The molecule has 3 aromatic heterocycles. The van der Waals surface area contributed by atoms with E-state index in [4.69, 9.17) is 11.6 Å². The first-order chi connectivity index (χ1) is 12.0. The van der Waals surface area contributed by atoms with Crippen molar-refractivity contribution in [3.8, 4) is 5.69 Å². The Bertz CT molecular complexity index is 1200. The van der Waals surface area contributed by atoms with Crippen molar-refractivity contribution in [2.45, 2.75) is 19.0 Å². The normalized spacial score (nSPS) is 11.5. The van der Waals surface area contributed by atoms with Crippen molar-refractivity contribution >= 4 is 40.0 Å². The maximum absolute atomic E-state index is 13.1. The van der Waals surface area contributed by atoms with Crippen LogP contribution in [0, 0.1) is 13.8 Å². The van der Waals surface area contributed by atoms with Crippen LogP contribution in [0.15, 0.2) is 40.4 Å². The lowest BCUT2D eigenvalue weighted by Crippen LogP contribution is -2.20. The molecule has 0 spiro atoms. The lowest BCUT2D eigenvalue weighted by Gasteiger charge is -2.12. The fourth-order valence-electron chi connectivity index (χ4n) is 2.90. The van der Waals surface area contributed by atoms with Gasteiger partial charge < -0.3 is 0 Å². The minimum absolute atomic E-state index is 0.157. The van der Waals surface area contributed by atoms with Crippen LogP contribution in [-0.2, 0) is 0 Å². The second-order valence-corrected chi connectivity index (χ2v) is 6.82. The van der Waals surface area contributed by atoms with Gasteiger partial charge >= 0.3 is 0 Å². The summed E-state index contributed by atoms with van der Waals surface area (Å²) in [6, 6.07) is 7.37. The molecular formula is C17H14ClN5OS. The van der Waals surface area contributed by atoms with E-state index in [-0.39, 0.29) is 5.56 Å². The van der Waals surface area contributed by atoms with Crippen LogP contribution >= 0.6 is 23.4 Å². The highest BCUT2D eigenvalue weighted by Gasteiger charge is 2.15. The van der Waals surface area contributed by atoms with E-state index in [0.717, 1.165) is 11.3 Å². The largest absolute Gasteiger partial charge is 0.283 e. The summed E-state index contributed by atoms with van der Waals surface area (Å²) in [6.07, 6.45) is 3.64. The third-order valence-electron chi connectivity index (χ3n) is 4.18. The van der Waals surface area contributed by atoms with Gasteiger partial charge in [-0.05, 0) is 43.9 Å². The van der Waals surface area contributed by atoms with Gasteiger partial charge in [-0.15, -0.1) is 5.10 Å². The Morgan fingerprint density at radius 1 is 1.16 bits per heavy atom. The molecule has 0 aliphatic rings. The predicted octanol–water partition coefficient (Wildman–Crippen LogP) is 3.42. The molecule has 0 amide bonds. The number of nitrogens with zero attached hydrogens (tertiary/aromatic N) is 5. The zero-order valence-electron chi connectivity index (χ0n) is 13.8. The number of benzene rings is 1. The average molecular weight is 372 g/mol. The molecule has 0 unspecified atom stereocenters. The summed E-state index contributed by atoms with van der Waals surface area (Å²) in [7, 11) is 0. The summed E-state index contributed by atoms with van der Waals surface area (Å²) in [5.41, 5.74) is 2.76. The maximum atomic E-state index is 13.1. The van der Waals surface area contributed by atoms with Crippen molar-refractivity contribution < 1.29 is 0 Å². The van der Waals surface area contributed by atoms with E-state index >= 15 is 0 Å². The zero-order valence-corrected chi connectivity index (χ0v) is 15.4. The van der Waals surface area contributed by atoms with E-state index in [1.807, 2.05) is 44.4 Å². The molecule has 0 atom stereocenters. The van der Waals surface area contributed by atoms with Gasteiger partial charge in [0.25, 0.3) is 11.3 Å². The molecule has 1 aromatic carbocycles. The van der Waals surface area contributed by atoms with Crippen molar-refractivity contribution in [2.24, 2.45) is 0 Å². The summed E-state index contributed by atoms with van der Waals surface area (Å²) in [4.78, 5) is 21.9. The molecule has 0 aliphatic carbocycles. The number of aromatic nitrogens is 5. The first-order valence-corrected chi connectivity index (χ1v) is 9.19. The van der Waals surface area contributed by atoms with Gasteiger partial charge in [0, 0.05) is 11.2 Å². The zero-order chi connectivity index (χ0) is 17.7. The van der Waals surface area contributed by atoms with Crippen LogP contribution in [0.4, 0.5) is 0 Å². The summed E-state index contributed by atoms with van der Waals surface area (Å²) in [5, 5.41) is 6.17. The molecule has 6 nitrogen and oxygen atoms in total. The van der Waals surface area contributed by atoms with Crippen molar-refractivity contribution in [1.82, 2.24) is 24.1 Å². The minimum Gasteiger partial charge on any atom is -0.283 e. The highest BCUT2D eigenvalue weighted by molar-refractivity contribution is 7.98. The van der Waals surface area contributed by atoms with E-state index in [0.29, 0.717) is 32.6 Å². The standard InChI is InChI=1S/C17H14ClN5OS/c1-9-11(18)5-4-6-12(9)22-8-7-13-14(15(22)24)10(2)19-16-20-17(25-3)21-23(13)16/h4-8H,1-3H3. The number of hydrogen-bond acceptors (Lipinski definition) is 5. The van der Waals surface area contributed by atoms with E-state index < -0.39 is 0 Å². The SMILES string of the molecule is CSc1nc2nc(C)c3c(=O)n(-c4cccc(Cl)c4C)ccc3n2n1. The molecule has 0 saturated carbocycles. The van der Waals surface area contributed by atoms with Gasteiger partial charge in [-0.1, -0.05) is 29.4 Å². The van der Waals surface area contributed by atoms with E-state index in [9.17, 15) is 4.79 Å². The lowest BCUT2D eigenvalue weighted by molar-refractivity contribution is 0.900. The molecule has 0 aliphatic heterocycles. The van der Waals surface area contributed by atoms with Gasteiger partial charge in [0.1, 0.15) is 0 Å². The Morgan fingerprint density at radius 3 is 2.72 bits per heavy atom. The van der Waals surface area contributed by atoms with Gasteiger partial charge in [0.05, 0.1) is 22.3 Å². The van der Waals surface area contributed by atoms with Crippen molar-refractivity contribution in [3.05, 3.63) is 57.1 Å². The number of thioether (sulfide) groups is 1. The Labute approximate surface area is 152 Å². The molecule has 25 heavy (non-hydrogen) atoms. The molecule has 0 fully saturated rings. The Balaban J connectivity index is 2.09. The second kappa shape index (κ2) is 5.86. The Hall–Kier alpha value is -2.38. The van der Waals surface area contributed by atoms with Crippen LogP contribution in [0.25, 0.3) is 22.4 Å². The summed E-state index contributed by atoms with van der Waals surface area (Å²) < 4.78 is 3.21. The summed E-state index contributed by atoms with van der Waals surface area (Å²) in [5.74, 6) is 0.491. The van der Waals surface area contributed by atoms with Crippen LogP contribution in [-0.4, -0.2) is 30.4 Å². The highest BCUT2D eigenvalue weighted by atomic mass is 35.5. The molecule has 0 radical (unpaired) electrons. The van der Waals surface area contributed by atoms with Crippen LogP contribution in [0.5, 0.6) is 0 Å². The summed E-state index contributed by atoms with van der Waals surface area (Å²) >= 11 is 7.65. The quantitative estimate of drug-likeness (QED) is 0.505. The molecule has 0 N–H and O–H groups in total. The Kier molecular flexibility index (Phi) is 3.77. The topological polar surface area (TPSA) is 65.1 Å². The van der Waals surface area contributed by atoms with Gasteiger partial charge in [-0.3, -0.25) is 9.36 Å². The number of fused-ring (bicyclic) bond motifs is 3. The van der Waals surface area contributed by atoms with Crippen LogP contribution in [0.2, 0.25) is 5.02 Å². The summed E-state index contributed by atoms with van der Waals surface area (Å²) in [6.45, 7) is 3.71. The molecule has 126 valence electrons. The smallest absolute Gasteiger partial charge is 0.266 e. The van der Waals surface area contributed by atoms with Crippen molar-refractivity contribution in [1.29, 1.82) is 0 Å². The molecule has 0 bridgehead atoms. The molecule has 3 heterocycles. The van der Waals surface area contributed by atoms with Gasteiger partial charge in [0.2, 0.25) is 5.16 Å². The van der Waals surface area contributed by atoms with Gasteiger partial charge in [-0.2, -0.15) is 9.50 Å². The maximum Gasteiger partial charge on any atom is 0.266 e. The highest BCUT2D eigenvalue weighted by Crippen LogP contribution is 2.23. The first-order valence-electron chi connectivity index (χ1n) is 7.59. The van der Waals surface area contributed by atoms with Crippen molar-refractivity contribution in [2.75, 3.05) is 6.26 Å². The third-order valence-corrected chi connectivity index (χ3v) is 5.13. The average Bonchev–Trinajstić information content (AvgIpc) is 3.01. The number of rotatable bonds is 2. The van der Waals surface area contributed by atoms with Crippen LogP contribution in [0.3, 0.4) is 0 Å². The van der Waals surface area contributed by atoms with Gasteiger partial charge in [0.15, 0.2) is 0 Å².